The van der Waals surface area contributed by atoms with Gasteiger partial charge in [0, 0.05) is 18.2 Å². The van der Waals surface area contributed by atoms with Gasteiger partial charge in [0.1, 0.15) is 6.33 Å². The van der Waals surface area contributed by atoms with Crippen molar-refractivity contribution in [2.75, 3.05) is 7.05 Å². The molecule has 2 atom stereocenters. The Balaban J connectivity index is 2.88. The molecule has 2 unspecified atom stereocenters. The first-order valence-electron chi connectivity index (χ1n) is 4.83. The molecule has 0 aliphatic carbocycles. The molecule has 0 saturated heterocycles. The van der Waals surface area contributed by atoms with Crippen molar-refractivity contribution in [3.63, 3.8) is 0 Å². The van der Waals surface area contributed by atoms with Crippen LogP contribution < -0.4 is 5.32 Å². The first kappa shape index (κ1) is 11.8. The Labute approximate surface area is 98.9 Å². The van der Waals surface area contributed by atoms with E-state index < -0.39 is 0 Å². The first-order chi connectivity index (χ1) is 6.70. The number of aromatic nitrogens is 2. The van der Waals surface area contributed by atoms with Gasteiger partial charge in [-0.05, 0) is 36.1 Å². The van der Waals surface area contributed by atoms with Crippen LogP contribution in [0.25, 0.3) is 0 Å². The second-order valence-corrected chi connectivity index (χ2v) is 4.51. The Morgan fingerprint density at radius 2 is 2.29 bits per heavy atom. The SMILES string of the molecule is CCC(NC)C(C)c1ncncc1I. The van der Waals surface area contributed by atoms with E-state index in [1.54, 1.807) is 6.33 Å². The van der Waals surface area contributed by atoms with Crippen LogP contribution in [-0.4, -0.2) is 23.1 Å². The second-order valence-electron chi connectivity index (χ2n) is 3.35. The molecule has 0 aliphatic heterocycles. The molecule has 0 radical (unpaired) electrons. The summed E-state index contributed by atoms with van der Waals surface area (Å²) in [7, 11) is 2.00. The number of halogens is 1. The summed E-state index contributed by atoms with van der Waals surface area (Å²) in [5.41, 5.74) is 1.14. The third-order valence-corrected chi connectivity index (χ3v) is 3.37. The molecule has 0 bridgehead atoms. The number of hydrogen-bond acceptors (Lipinski definition) is 3. The van der Waals surface area contributed by atoms with E-state index in [-0.39, 0.29) is 0 Å². The molecule has 1 rings (SSSR count). The lowest BCUT2D eigenvalue weighted by Crippen LogP contribution is -2.30. The van der Waals surface area contributed by atoms with Crippen molar-refractivity contribution >= 4 is 22.6 Å². The summed E-state index contributed by atoms with van der Waals surface area (Å²) in [6.07, 6.45) is 4.59. The van der Waals surface area contributed by atoms with E-state index in [1.807, 2.05) is 13.2 Å². The van der Waals surface area contributed by atoms with Gasteiger partial charge in [0.05, 0.1) is 9.26 Å². The van der Waals surface area contributed by atoms with Gasteiger partial charge < -0.3 is 5.32 Å². The van der Waals surface area contributed by atoms with E-state index in [2.05, 4.69) is 51.7 Å². The minimum absolute atomic E-state index is 0.430. The van der Waals surface area contributed by atoms with Gasteiger partial charge in [-0.25, -0.2) is 9.97 Å². The van der Waals surface area contributed by atoms with Gasteiger partial charge in [0.15, 0.2) is 0 Å². The molecule has 0 saturated carbocycles. The maximum atomic E-state index is 4.34. The van der Waals surface area contributed by atoms with Crippen molar-refractivity contribution in [1.82, 2.24) is 15.3 Å². The highest BCUT2D eigenvalue weighted by Crippen LogP contribution is 2.22. The third-order valence-electron chi connectivity index (χ3n) is 2.54. The lowest BCUT2D eigenvalue weighted by Gasteiger charge is -2.22. The van der Waals surface area contributed by atoms with Crippen molar-refractivity contribution in [3.05, 3.63) is 21.8 Å². The second kappa shape index (κ2) is 5.60. The molecule has 1 heterocycles. The average Bonchev–Trinajstić information content (AvgIpc) is 2.20. The molecule has 4 heteroatoms. The summed E-state index contributed by atoms with van der Waals surface area (Å²) in [6, 6.07) is 0.485. The van der Waals surface area contributed by atoms with Crippen LogP contribution in [0.4, 0.5) is 0 Å². The molecule has 0 aromatic carbocycles. The highest BCUT2D eigenvalue weighted by molar-refractivity contribution is 14.1. The van der Waals surface area contributed by atoms with Crippen molar-refractivity contribution < 1.29 is 0 Å². The minimum atomic E-state index is 0.430. The fourth-order valence-corrected chi connectivity index (χ4v) is 2.45. The van der Waals surface area contributed by atoms with Gasteiger partial charge in [-0.3, -0.25) is 0 Å². The van der Waals surface area contributed by atoms with E-state index in [9.17, 15) is 0 Å². The quantitative estimate of drug-likeness (QED) is 0.867. The summed E-state index contributed by atoms with van der Waals surface area (Å²) in [5.74, 6) is 0.430. The predicted octanol–water partition coefficient (Wildman–Crippen LogP) is 2.18. The fraction of sp³-hybridized carbons (Fsp3) is 0.600. The van der Waals surface area contributed by atoms with Crippen LogP contribution in [-0.2, 0) is 0 Å². The number of likely N-dealkylation sites (N-methyl/N-ethyl adjacent to an activating group) is 1. The van der Waals surface area contributed by atoms with Crippen molar-refractivity contribution in [1.29, 1.82) is 0 Å². The molecule has 1 N–H and O–H groups in total. The lowest BCUT2D eigenvalue weighted by atomic mass is 9.96. The zero-order chi connectivity index (χ0) is 10.6. The molecule has 1 aromatic rings. The molecule has 0 amide bonds. The van der Waals surface area contributed by atoms with Crippen molar-refractivity contribution in [3.8, 4) is 0 Å². The summed E-state index contributed by atoms with van der Waals surface area (Å²) in [5, 5.41) is 3.31. The van der Waals surface area contributed by atoms with Gasteiger partial charge in [0.25, 0.3) is 0 Å². The Morgan fingerprint density at radius 3 is 2.79 bits per heavy atom. The zero-order valence-electron chi connectivity index (χ0n) is 8.79. The molecular formula is C10H16IN3. The van der Waals surface area contributed by atoms with Crippen LogP contribution >= 0.6 is 22.6 Å². The number of rotatable bonds is 4. The maximum absolute atomic E-state index is 4.34. The largest absolute Gasteiger partial charge is 0.316 e. The molecule has 14 heavy (non-hydrogen) atoms. The number of nitrogens with zero attached hydrogens (tertiary/aromatic N) is 2. The Morgan fingerprint density at radius 1 is 1.57 bits per heavy atom. The smallest absolute Gasteiger partial charge is 0.115 e. The van der Waals surface area contributed by atoms with E-state index in [0.29, 0.717) is 12.0 Å². The van der Waals surface area contributed by atoms with Gasteiger partial charge in [0.2, 0.25) is 0 Å². The zero-order valence-corrected chi connectivity index (χ0v) is 10.9. The van der Waals surface area contributed by atoms with Crippen LogP contribution in [0.1, 0.15) is 31.9 Å². The van der Waals surface area contributed by atoms with E-state index in [0.717, 1.165) is 15.7 Å². The summed E-state index contributed by atoms with van der Waals surface area (Å²) >= 11 is 2.29. The van der Waals surface area contributed by atoms with Crippen LogP contribution in [0.15, 0.2) is 12.5 Å². The van der Waals surface area contributed by atoms with Gasteiger partial charge in [-0.1, -0.05) is 13.8 Å². The molecule has 0 spiro atoms. The summed E-state index contributed by atoms with van der Waals surface area (Å²) in [6.45, 7) is 4.39. The first-order valence-corrected chi connectivity index (χ1v) is 5.91. The summed E-state index contributed by atoms with van der Waals surface area (Å²) in [4.78, 5) is 8.34. The Kier molecular flexibility index (Phi) is 4.74. The molecule has 78 valence electrons. The van der Waals surface area contributed by atoms with Crippen molar-refractivity contribution in [2.45, 2.75) is 32.2 Å². The third kappa shape index (κ3) is 2.63. The number of nitrogens with one attached hydrogen (secondary N) is 1. The Hall–Kier alpha value is -0.230. The highest BCUT2D eigenvalue weighted by atomic mass is 127. The normalized spacial score (nSPS) is 15.1. The highest BCUT2D eigenvalue weighted by Gasteiger charge is 2.18. The molecule has 0 fully saturated rings. The van der Waals surface area contributed by atoms with Crippen LogP contribution in [0, 0.1) is 3.57 Å². The molecular weight excluding hydrogens is 289 g/mol. The molecule has 1 aromatic heterocycles. The van der Waals surface area contributed by atoms with E-state index in [4.69, 9.17) is 0 Å². The van der Waals surface area contributed by atoms with Crippen LogP contribution in [0.3, 0.4) is 0 Å². The molecule has 3 nitrogen and oxygen atoms in total. The predicted molar refractivity (Wildman–Crippen MR) is 66.3 cm³/mol. The maximum Gasteiger partial charge on any atom is 0.115 e. The topological polar surface area (TPSA) is 37.8 Å². The summed E-state index contributed by atoms with van der Waals surface area (Å²) < 4.78 is 1.14. The van der Waals surface area contributed by atoms with E-state index in [1.165, 1.54) is 0 Å². The Bertz CT molecular complexity index is 286. The standard InChI is InChI=1S/C10H16IN3/c1-4-9(12-3)7(2)10-8(11)5-13-6-14-10/h5-7,9,12H,4H2,1-3H3. The number of hydrogen-bond donors (Lipinski definition) is 1. The fourth-order valence-electron chi connectivity index (χ4n) is 1.66. The van der Waals surface area contributed by atoms with Crippen LogP contribution in [0.2, 0.25) is 0 Å². The van der Waals surface area contributed by atoms with Gasteiger partial charge in [-0.15, -0.1) is 0 Å². The molecule has 0 aliphatic rings. The van der Waals surface area contributed by atoms with Crippen LogP contribution in [0.5, 0.6) is 0 Å². The minimum Gasteiger partial charge on any atom is -0.316 e. The lowest BCUT2D eigenvalue weighted by molar-refractivity contribution is 0.463. The van der Waals surface area contributed by atoms with Gasteiger partial charge >= 0.3 is 0 Å². The monoisotopic (exact) mass is 305 g/mol. The average molecular weight is 305 g/mol. The van der Waals surface area contributed by atoms with Crippen molar-refractivity contribution in [2.24, 2.45) is 0 Å². The van der Waals surface area contributed by atoms with Gasteiger partial charge in [-0.2, -0.15) is 0 Å². The van der Waals surface area contributed by atoms with E-state index >= 15 is 0 Å².